The zero-order valence-corrected chi connectivity index (χ0v) is 11.5. The summed E-state index contributed by atoms with van der Waals surface area (Å²) in [5.74, 6) is -1.07. The molecule has 0 rings (SSSR count). The van der Waals surface area contributed by atoms with Crippen LogP contribution in [-0.4, -0.2) is 49.7 Å². The van der Waals surface area contributed by atoms with Crippen molar-refractivity contribution in [3.63, 3.8) is 0 Å². The molecule has 0 aliphatic rings. The van der Waals surface area contributed by atoms with Crippen molar-refractivity contribution >= 4 is 26.3 Å². The summed E-state index contributed by atoms with van der Waals surface area (Å²) in [7, 11) is -12.0. The maximum atomic E-state index is 12.2. The second-order valence-corrected chi connectivity index (χ2v) is 6.76. The molecule has 0 aromatic rings. The second kappa shape index (κ2) is 6.07. The lowest BCUT2D eigenvalue weighted by Crippen LogP contribution is -2.45. The van der Waals surface area contributed by atoms with Crippen LogP contribution in [0.2, 0.25) is 0 Å². The highest BCUT2D eigenvalue weighted by Gasteiger charge is 2.53. The molecule has 0 unspecified atom stereocenters. The fraction of sp³-hybridized carbons (Fsp3) is 0.571. The Balaban J connectivity index is 5.17. The number of carbonyl (C=O) groups is 1. The van der Waals surface area contributed by atoms with Crippen LogP contribution in [0.3, 0.4) is 0 Å². The molecule has 0 radical (unpaired) electrons. The third kappa shape index (κ3) is 4.73. The Bertz CT molecular complexity index is 592. The van der Waals surface area contributed by atoms with Crippen molar-refractivity contribution in [2.75, 3.05) is 13.2 Å². The summed E-state index contributed by atoms with van der Waals surface area (Å²) in [4.78, 5) is 10.9. The molecule has 0 amide bonds. The predicted molar refractivity (Wildman–Crippen MR) is 59.0 cm³/mol. The van der Waals surface area contributed by atoms with E-state index in [1.807, 2.05) is 0 Å². The third-order valence-electron chi connectivity index (χ3n) is 1.67. The molecule has 0 saturated heterocycles. The molecule has 0 aliphatic carbocycles. The molecule has 0 fully saturated rings. The van der Waals surface area contributed by atoms with Crippen LogP contribution in [0.4, 0.5) is 13.2 Å². The fourth-order valence-corrected chi connectivity index (χ4v) is 2.91. The van der Waals surface area contributed by atoms with E-state index in [9.17, 15) is 34.8 Å². The van der Waals surface area contributed by atoms with Crippen molar-refractivity contribution in [2.24, 2.45) is 0 Å². The van der Waals surface area contributed by atoms with Gasteiger partial charge in [0.05, 0.1) is 6.54 Å². The van der Waals surface area contributed by atoms with Gasteiger partial charge in [-0.2, -0.15) is 21.6 Å². The van der Waals surface area contributed by atoms with Gasteiger partial charge in [-0.15, -0.1) is 0 Å². The van der Waals surface area contributed by atoms with Crippen LogP contribution in [0.5, 0.6) is 0 Å². The molecule has 0 atom stereocenters. The SMILES string of the molecule is C=C(C)C(=O)OCCN(S(=O)(=O)O)S(=O)(=O)C(F)(F)F. The predicted octanol–water partition coefficient (Wildman–Crippen LogP) is 0.0601. The highest BCUT2D eigenvalue weighted by Crippen LogP contribution is 2.28. The lowest BCUT2D eigenvalue weighted by molar-refractivity contribution is -0.138. The molecule has 0 saturated carbocycles. The molecule has 0 aliphatic heterocycles. The van der Waals surface area contributed by atoms with E-state index in [-0.39, 0.29) is 5.57 Å². The van der Waals surface area contributed by atoms with Crippen LogP contribution < -0.4 is 0 Å². The minimum absolute atomic E-state index is 0.137. The number of halogens is 3. The number of rotatable bonds is 6. The third-order valence-corrected chi connectivity index (χ3v) is 4.83. The maximum absolute atomic E-state index is 12.2. The summed E-state index contributed by atoms with van der Waals surface area (Å²) >= 11 is 0. The van der Waals surface area contributed by atoms with Crippen molar-refractivity contribution in [1.29, 1.82) is 0 Å². The van der Waals surface area contributed by atoms with Crippen molar-refractivity contribution < 1.29 is 44.1 Å². The molecular formula is C7H10F3NO7S2. The monoisotopic (exact) mass is 341 g/mol. The van der Waals surface area contributed by atoms with Crippen LogP contribution in [0.15, 0.2) is 12.2 Å². The molecule has 0 aromatic carbocycles. The average Bonchev–Trinajstić information content (AvgIpc) is 2.19. The summed E-state index contributed by atoms with van der Waals surface area (Å²) < 4.78 is 91.3. The summed E-state index contributed by atoms with van der Waals surface area (Å²) in [6.45, 7) is 1.88. The Labute approximate surface area is 112 Å². The molecule has 118 valence electrons. The Kier molecular flexibility index (Phi) is 5.71. The molecule has 20 heavy (non-hydrogen) atoms. The van der Waals surface area contributed by atoms with Crippen molar-refractivity contribution in [1.82, 2.24) is 3.71 Å². The summed E-state index contributed by atoms with van der Waals surface area (Å²) in [5, 5.41) is 0. The summed E-state index contributed by atoms with van der Waals surface area (Å²) in [5.41, 5.74) is -6.08. The molecule has 8 nitrogen and oxygen atoms in total. The molecule has 1 N–H and O–H groups in total. The number of nitrogens with zero attached hydrogens (tertiary/aromatic N) is 1. The lowest BCUT2D eigenvalue weighted by atomic mass is 10.4. The average molecular weight is 341 g/mol. The number of hydrogen-bond donors (Lipinski definition) is 1. The Morgan fingerprint density at radius 3 is 2.05 bits per heavy atom. The minimum Gasteiger partial charge on any atom is -0.461 e. The zero-order valence-electron chi connectivity index (χ0n) is 9.92. The summed E-state index contributed by atoms with van der Waals surface area (Å²) in [6.07, 6.45) is 0. The first-order valence-electron chi connectivity index (χ1n) is 4.60. The van der Waals surface area contributed by atoms with Crippen LogP contribution in [0.25, 0.3) is 0 Å². The van der Waals surface area contributed by atoms with E-state index in [0.717, 1.165) is 0 Å². The van der Waals surface area contributed by atoms with Gasteiger partial charge in [0.1, 0.15) is 6.61 Å². The molecular weight excluding hydrogens is 331 g/mol. The van der Waals surface area contributed by atoms with Crippen LogP contribution in [0.1, 0.15) is 6.92 Å². The van der Waals surface area contributed by atoms with Gasteiger partial charge in [0.2, 0.25) is 0 Å². The van der Waals surface area contributed by atoms with Crippen molar-refractivity contribution in [3.05, 3.63) is 12.2 Å². The maximum Gasteiger partial charge on any atom is 0.512 e. The molecule has 0 bridgehead atoms. The number of ether oxygens (including phenoxy) is 1. The van der Waals surface area contributed by atoms with E-state index in [1.165, 1.54) is 6.92 Å². The van der Waals surface area contributed by atoms with Crippen LogP contribution in [0, 0.1) is 0 Å². The van der Waals surface area contributed by atoms with E-state index in [0.29, 0.717) is 0 Å². The Morgan fingerprint density at radius 2 is 1.75 bits per heavy atom. The van der Waals surface area contributed by atoms with Gasteiger partial charge in [-0.05, 0) is 6.92 Å². The molecule has 0 heterocycles. The van der Waals surface area contributed by atoms with Crippen LogP contribution >= 0.6 is 0 Å². The Morgan fingerprint density at radius 1 is 1.30 bits per heavy atom. The quantitative estimate of drug-likeness (QED) is 0.412. The molecule has 0 aromatic heterocycles. The van der Waals surface area contributed by atoms with Gasteiger partial charge in [-0.3, -0.25) is 4.55 Å². The largest absolute Gasteiger partial charge is 0.512 e. The number of alkyl halides is 3. The van der Waals surface area contributed by atoms with Gasteiger partial charge in [0.15, 0.2) is 0 Å². The van der Waals surface area contributed by atoms with Gasteiger partial charge in [0.25, 0.3) is 0 Å². The minimum atomic E-state index is -6.33. The van der Waals surface area contributed by atoms with Crippen molar-refractivity contribution in [2.45, 2.75) is 12.4 Å². The number of carbonyl (C=O) groups excluding carboxylic acids is 1. The van der Waals surface area contributed by atoms with Gasteiger partial charge in [-0.1, -0.05) is 10.3 Å². The smallest absolute Gasteiger partial charge is 0.461 e. The van der Waals surface area contributed by atoms with Gasteiger partial charge in [0, 0.05) is 5.57 Å². The highest BCUT2D eigenvalue weighted by atomic mass is 32.3. The number of hydrogen-bond acceptors (Lipinski definition) is 6. The Hall–Kier alpha value is -1.18. The van der Waals surface area contributed by atoms with Gasteiger partial charge < -0.3 is 4.74 Å². The van der Waals surface area contributed by atoms with E-state index in [2.05, 4.69) is 11.3 Å². The number of sulfonamides is 1. The van der Waals surface area contributed by atoms with E-state index < -0.39 is 48.7 Å². The topological polar surface area (TPSA) is 118 Å². The van der Waals surface area contributed by atoms with E-state index >= 15 is 0 Å². The van der Waals surface area contributed by atoms with Crippen LogP contribution in [-0.2, 0) is 29.9 Å². The van der Waals surface area contributed by atoms with E-state index in [1.54, 1.807) is 0 Å². The first-order chi connectivity index (χ1) is 8.71. The normalized spacial score (nSPS) is 13.3. The fourth-order valence-electron chi connectivity index (χ4n) is 0.811. The highest BCUT2D eigenvalue weighted by molar-refractivity contribution is 8.02. The number of esters is 1. The van der Waals surface area contributed by atoms with Crippen molar-refractivity contribution in [3.8, 4) is 0 Å². The second-order valence-electron chi connectivity index (χ2n) is 3.34. The molecule has 0 spiro atoms. The van der Waals surface area contributed by atoms with E-state index in [4.69, 9.17) is 4.55 Å². The lowest BCUT2D eigenvalue weighted by Gasteiger charge is -2.19. The first-order valence-corrected chi connectivity index (χ1v) is 7.44. The molecule has 13 heteroatoms. The van der Waals surface area contributed by atoms with Gasteiger partial charge >= 0.3 is 31.8 Å². The standard InChI is InChI=1S/C7H10F3NO7S2/c1-5(2)6(12)18-4-3-11(20(15,16)17)19(13,14)7(8,9)10/h1,3-4H2,2H3,(H,15,16,17). The van der Waals surface area contributed by atoms with Gasteiger partial charge in [-0.25, -0.2) is 13.2 Å². The first kappa shape index (κ1) is 18.8. The summed E-state index contributed by atoms with van der Waals surface area (Å²) in [6, 6.07) is 0. The zero-order chi connectivity index (χ0) is 16.4.